The van der Waals surface area contributed by atoms with E-state index in [4.69, 9.17) is 0 Å². The highest BCUT2D eigenvalue weighted by Crippen LogP contribution is 2.41. The summed E-state index contributed by atoms with van der Waals surface area (Å²) in [7, 11) is 1.81. The number of nitrogens with zero attached hydrogens (tertiary/aromatic N) is 1. The lowest BCUT2D eigenvalue weighted by Gasteiger charge is -2.23. The molecule has 4 heteroatoms. The van der Waals surface area contributed by atoms with Gasteiger partial charge in [-0.2, -0.15) is 0 Å². The van der Waals surface area contributed by atoms with Gasteiger partial charge in [0.05, 0.1) is 11.8 Å². The molecule has 0 saturated heterocycles. The summed E-state index contributed by atoms with van der Waals surface area (Å²) in [6.07, 6.45) is 6.30. The van der Waals surface area contributed by atoms with Gasteiger partial charge in [0.2, 0.25) is 11.8 Å². The van der Waals surface area contributed by atoms with Crippen LogP contribution in [0.2, 0.25) is 0 Å². The molecule has 1 aromatic rings. The van der Waals surface area contributed by atoms with Crippen LogP contribution >= 0.6 is 0 Å². The van der Waals surface area contributed by atoms with Gasteiger partial charge in [0.25, 0.3) is 0 Å². The number of amides is 2. The van der Waals surface area contributed by atoms with Crippen LogP contribution < -0.4 is 10.2 Å². The monoisotopic (exact) mass is 314 g/mol. The van der Waals surface area contributed by atoms with E-state index in [0.717, 1.165) is 29.7 Å². The van der Waals surface area contributed by atoms with E-state index in [9.17, 15) is 9.59 Å². The van der Waals surface area contributed by atoms with Crippen LogP contribution in [0.5, 0.6) is 0 Å². The molecule has 0 atom stereocenters. The van der Waals surface area contributed by atoms with Crippen LogP contribution in [0.25, 0.3) is 0 Å². The first kappa shape index (κ1) is 16.0. The highest BCUT2D eigenvalue weighted by Gasteiger charge is 2.42. The van der Waals surface area contributed by atoms with Crippen molar-refractivity contribution in [2.75, 3.05) is 11.9 Å². The van der Waals surface area contributed by atoms with Crippen molar-refractivity contribution < 1.29 is 9.59 Å². The summed E-state index contributed by atoms with van der Waals surface area (Å²) in [5.41, 5.74) is 2.44. The molecule has 2 amide bonds. The fraction of sp³-hybridized carbons (Fsp3) is 0.579. The minimum absolute atomic E-state index is 0.0901. The van der Waals surface area contributed by atoms with E-state index in [1.165, 1.54) is 19.3 Å². The molecule has 1 heterocycles. The van der Waals surface area contributed by atoms with Gasteiger partial charge in [-0.1, -0.05) is 31.4 Å². The fourth-order valence-electron chi connectivity index (χ4n) is 3.84. The summed E-state index contributed by atoms with van der Waals surface area (Å²) in [5.74, 6) is 0.198. The summed E-state index contributed by atoms with van der Waals surface area (Å²) in [5, 5.41) is 3.16. The molecule has 0 unspecified atom stereocenters. The summed E-state index contributed by atoms with van der Waals surface area (Å²) in [4.78, 5) is 26.3. The Hall–Kier alpha value is -1.84. The van der Waals surface area contributed by atoms with Crippen molar-refractivity contribution in [3.8, 4) is 0 Å². The standard InChI is InChI=1S/C19H26N2O2/c1-19(2)15-11-13(9-10-16(15)21(3)18(19)23)12-17(22)20-14-7-5-4-6-8-14/h9-11,14H,4-8,12H2,1-3H3,(H,20,22). The lowest BCUT2D eigenvalue weighted by Crippen LogP contribution is -2.37. The Kier molecular flexibility index (Phi) is 4.17. The molecule has 124 valence electrons. The normalized spacial score (nSPS) is 20.5. The lowest BCUT2D eigenvalue weighted by atomic mass is 9.85. The molecule has 23 heavy (non-hydrogen) atoms. The van der Waals surface area contributed by atoms with Crippen LogP contribution in [0.15, 0.2) is 18.2 Å². The minimum atomic E-state index is -0.514. The second-order valence-electron chi connectivity index (χ2n) is 7.42. The van der Waals surface area contributed by atoms with Crippen molar-refractivity contribution in [3.63, 3.8) is 0 Å². The maximum Gasteiger partial charge on any atom is 0.236 e. The van der Waals surface area contributed by atoms with Crippen molar-refractivity contribution in [3.05, 3.63) is 29.3 Å². The van der Waals surface area contributed by atoms with Crippen LogP contribution in [0.3, 0.4) is 0 Å². The van der Waals surface area contributed by atoms with Gasteiger partial charge in [0.1, 0.15) is 0 Å². The van der Waals surface area contributed by atoms with Crippen molar-refractivity contribution in [1.82, 2.24) is 5.32 Å². The van der Waals surface area contributed by atoms with Crippen molar-refractivity contribution in [2.45, 2.75) is 63.8 Å². The van der Waals surface area contributed by atoms with Crippen LogP contribution in [-0.2, 0) is 21.4 Å². The number of hydrogen-bond acceptors (Lipinski definition) is 2. The number of hydrogen-bond donors (Lipinski definition) is 1. The third-order valence-electron chi connectivity index (χ3n) is 5.27. The number of rotatable bonds is 3. The molecule has 1 aliphatic carbocycles. The Balaban J connectivity index is 1.71. The Bertz CT molecular complexity index is 630. The molecule has 1 aromatic carbocycles. The first-order valence-electron chi connectivity index (χ1n) is 8.60. The van der Waals surface area contributed by atoms with Gasteiger partial charge in [0.15, 0.2) is 0 Å². The third-order valence-corrected chi connectivity index (χ3v) is 5.27. The topological polar surface area (TPSA) is 49.4 Å². The molecule has 1 saturated carbocycles. The van der Waals surface area contributed by atoms with E-state index < -0.39 is 5.41 Å². The zero-order chi connectivity index (χ0) is 16.6. The molecule has 1 aliphatic heterocycles. The summed E-state index contributed by atoms with van der Waals surface area (Å²) >= 11 is 0. The van der Waals surface area contributed by atoms with Crippen LogP contribution in [0.1, 0.15) is 57.1 Å². The number of benzene rings is 1. The third kappa shape index (κ3) is 2.99. The average Bonchev–Trinajstić information content (AvgIpc) is 2.69. The largest absolute Gasteiger partial charge is 0.353 e. The van der Waals surface area contributed by atoms with E-state index in [1.54, 1.807) is 4.90 Å². The average molecular weight is 314 g/mol. The zero-order valence-electron chi connectivity index (χ0n) is 14.3. The molecule has 0 bridgehead atoms. The number of fused-ring (bicyclic) bond motifs is 1. The molecule has 3 rings (SSSR count). The van der Waals surface area contributed by atoms with E-state index in [0.29, 0.717) is 12.5 Å². The number of carbonyl (C=O) groups is 2. The Labute approximate surface area is 138 Å². The Morgan fingerprint density at radius 2 is 1.96 bits per heavy atom. The maximum atomic E-state index is 12.3. The highest BCUT2D eigenvalue weighted by atomic mass is 16.2. The van der Waals surface area contributed by atoms with E-state index in [2.05, 4.69) is 5.32 Å². The first-order chi connectivity index (χ1) is 10.9. The minimum Gasteiger partial charge on any atom is -0.353 e. The van der Waals surface area contributed by atoms with Crippen LogP contribution in [0.4, 0.5) is 5.69 Å². The molecule has 0 aromatic heterocycles. The maximum absolute atomic E-state index is 12.3. The predicted octanol–water partition coefficient (Wildman–Crippen LogP) is 2.93. The molecule has 1 fully saturated rings. The first-order valence-corrected chi connectivity index (χ1v) is 8.60. The zero-order valence-corrected chi connectivity index (χ0v) is 14.3. The molecule has 0 spiro atoms. The van der Waals surface area contributed by atoms with Gasteiger partial charge >= 0.3 is 0 Å². The van der Waals surface area contributed by atoms with Gasteiger partial charge in [-0.25, -0.2) is 0 Å². The van der Waals surface area contributed by atoms with Crippen molar-refractivity contribution in [2.24, 2.45) is 0 Å². The van der Waals surface area contributed by atoms with Crippen molar-refractivity contribution in [1.29, 1.82) is 0 Å². The second kappa shape index (κ2) is 5.99. The number of nitrogens with one attached hydrogen (secondary N) is 1. The molecular formula is C19H26N2O2. The molecular weight excluding hydrogens is 288 g/mol. The van der Waals surface area contributed by atoms with Crippen molar-refractivity contribution >= 4 is 17.5 Å². The van der Waals surface area contributed by atoms with Crippen LogP contribution in [-0.4, -0.2) is 24.9 Å². The van der Waals surface area contributed by atoms with Gasteiger partial charge in [-0.3, -0.25) is 9.59 Å². The quantitative estimate of drug-likeness (QED) is 0.932. The van der Waals surface area contributed by atoms with E-state index >= 15 is 0 Å². The summed E-state index contributed by atoms with van der Waals surface area (Å²) < 4.78 is 0. The van der Waals surface area contributed by atoms with E-state index in [-0.39, 0.29) is 11.8 Å². The molecule has 2 aliphatic rings. The van der Waals surface area contributed by atoms with Gasteiger partial charge in [-0.05, 0) is 43.9 Å². The highest BCUT2D eigenvalue weighted by molar-refractivity contribution is 6.07. The van der Waals surface area contributed by atoms with Crippen LogP contribution in [0, 0.1) is 0 Å². The van der Waals surface area contributed by atoms with Gasteiger partial charge in [-0.15, -0.1) is 0 Å². The summed E-state index contributed by atoms with van der Waals surface area (Å²) in [6, 6.07) is 6.29. The smallest absolute Gasteiger partial charge is 0.236 e. The Morgan fingerprint density at radius 3 is 2.65 bits per heavy atom. The van der Waals surface area contributed by atoms with Gasteiger partial charge < -0.3 is 10.2 Å². The second-order valence-corrected chi connectivity index (χ2v) is 7.42. The number of anilines is 1. The molecule has 1 N–H and O–H groups in total. The number of carbonyl (C=O) groups excluding carboxylic acids is 2. The van der Waals surface area contributed by atoms with Gasteiger partial charge in [0, 0.05) is 18.8 Å². The number of likely N-dealkylation sites (N-methyl/N-ethyl adjacent to an activating group) is 1. The van der Waals surface area contributed by atoms with E-state index in [1.807, 2.05) is 39.1 Å². The molecule has 4 nitrogen and oxygen atoms in total. The molecule has 0 radical (unpaired) electrons. The SMILES string of the molecule is CN1C(=O)C(C)(C)c2cc(CC(=O)NC3CCCCC3)ccc21. The predicted molar refractivity (Wildman–Crippen MR) is 91.6 cm³/mol. The lowest BCUT2D eigenvalue weighted by molar-refractivity contribution is -0.122. The fourth-order valence-corrected chi connectivity index (χ4v) is 3.84. The Morgan fingerprint density at radius 1 is 1.26 bits per heavy atom. The summed E-state index contributed by atoms with van der Waals surface area (Å²) in [6.45, 7) is 3.90.